The maximum Gasteiger partial charge on any atom is 0.150 e. The number of rotatable bonds is 3. The van der Waals surface area contributed by atoms with Gasteiger partial charge in [0.05, 0.1) is 20.2 Å². The lowest BCUT2D eigenvalue weighted by Gasteiger charge is -2.21. The normalized spacial score (nSPS) is 25.0. The second kappa shape index (κ2) is 5.05. The highest BCUT2D eigenvalue weighted by atomic mass is 35.5. The maximum absolute atomic E-state index is 11.5. The van der Waals surface area contributed by atoms with Crippen LogP contribution in [0.5, 0.6) is 0 Å². The van der Waals surface area contributed by atoms with Gasteiger partial charge in [-0.05, 0) is 25.5 Å². The summed E-state index contributed by atoms with van der Waals surface area (Å²) in [7, 11) is -1.06. The van der Waals surface area contributed by atoms with Crippen LogP contribution < -0.4 is 5.32 Å². The molecule has 0 aliphatic carbocycles. The first-order valence-electron chi connectivity index (χ1n) is 5.25. The summed E-state index contributed by atoms with van der Waals surface area (Å²) in [6.45, 7) is 0. The van der Waals surface area contributed by atoms with Crippen LogP contribution in [-0.2, 0) is 9.84 Å². The highest BCUT2D eigenvalue weighted by molar-refractivity contribution is 7.91. The summed E-state index contributed by atoms with van der Waals surface area (Å²) in [5.74, 6) is 0.571. The molecule has 2 rings (SSSR count). The molecule has 1 aromatic heterocycles. The second-order valence-corrected chi connectivity index (χ2v) is 8.72. The Balaban J connectivity index is 2.26. The molecule has 1 aromatic rings. The summed E-state index contributed by atoms with van der Waals surface area (Å²) in [5.41, 5.74) is 0.909. The average Bonchev–Trinajstić information content (AvgIpc) is 2.72. The van der Waals surface area contributed by atoms with Crippen molar-refractivity contribution in [3.63, 3.8) is 0 Å². The van der Waals surface area contributed by atoms with Crippen LogP contribution in [0.2, 0.25) is 8.67 Å². The molecule has 1 aliphatic heterocycles. The van der Waals surface area contributed by atoms with Gasteiger partial charge in [-0.2, -0.15) is 0 Å². The zero-order valence-electron chi connectivity index (χ0n) is 9.24. The predicted molar refractivity (Wildman–Crippen MR) is 72.9 cm³/mol. The third-order valence-electron chi connectivity index (χ3n) is 3.07. The van der Waals surface area contributed by atoms with Gasteiger partial charge in [0.2, 0.25) is 0 Å². The first-order chi connectivity index (χ1) is 7.93. The minimum absolute atomic E-state index is 0.0384. The highest BCUT2D eigenvalue weighted by Crippen LogP contribution is 2.40. The van der Waals surface area contributed by atoms with Crippen LogP contribution in [0.3, 0.4) is 0 Å². The van der Waals surface area contributed by atoms with Gasteiger partial charge in [0, 0.05) is 11.6 Å². The molecule has 0 spiro atoms. The molecular weight excluding hydrogens is 301 g/mol. The highest BCUT2D eigenvalue weighted by Gasteiger charge is 2.35. The Kier molecular flexibility index (Phi) is 4.05. The molecule has 7 heteroatoms. The van der Waals surface area contributed by atoms with Crippen molar-refractivity contribution in [2.24, 2.45) is 5.92 Å². The Morgan fingerprint density at radius 1 is 1.53 bits per heavy atom. The second-order valence-electron chi connectivity index (χ2n) is 4.21. The van der Waals surface area contributed by atoms with Crippen molar-refractivity contribution >= 4 is 44.4 Å². The van der Waals surface area contributed by atoms with E-state index in [-0.39, 0.29) is 23.5 Å². The standard InChI is InChI=1S/C10H13Cl2NO2S2/c1-13-9(6-2-3-17(14,15)5-6)7-4-8(11)16-10(7)12/h4,6,9,13H,2-3,5H2,1H3. The van der Waals surface area contributed by atoms with E-state index < -0.39 is 9.84 Å². The summed E-state index contributed by atoms with van der Waals surface area (Å²) >= 11 is 13.3. The van der Waals surface area contributed by atoms with E-state index in [4.69, 9.17) is 23.2 Å². The minimum Gasteiger partial charge on any atom is -0.313 e. The lowest BCUT2D eigenvalue weighted by Crippen LogP contribution is -2.26. The van der Waals surface area contributed by atoms with Crippen molar-refractivity contribution in [1.29, 1.82) is 0 Å². The van der Waals surface area contributed by atoms with Gasteiger partial charge in [0.1, 0.15) is 0 Å². The first kappa shape index (κ1) is 13.6. The van der Waals surface area contributed by atoms with Gasteiger partial charge in [0.25, 0.3) is 0 Å². The van der Waals surface area contributed by atoms with Crippen molar-refractivity contribution in [3.8, 4) is 0 Å². The fourth-order valence-corrected chi connectivity index (χ4v) is 5.69. The molecule has 0 saturated carbocycles. The van der Waals surface area contributed by atoms with Gasteiger partial charge in [-0.3, -0.25) is 0 Å². The van der Waals surface area contributed by atoms with Crippen molar-refractivity contribution < 1.29 is 8.42 Å². The van der Waals surface area contributed by atoms with E-state index in [1.165, 1.54) is 11.3 Å². The molecule has 3 nitrogen and oxygen atoms in total. The van der Waals surface area contributed by atoms with Crippen molar-refractivity contribution in [1.82, 2.24) is 5.32 Å². The van der Waals surface area contributed by atoms with Crippen molar-refractivity contribution in [3.05, 3.63) is 20.3 Å². The van der Waals surface area contributed by atoms with Crippen molar-refractivity contribution in [2.45, 2.75) is 12.5 Å². The van der Waals surface area contributed by atoms with E-state index in [0.29, 0.717) is 15.1 Å². The minimum atomic E-state index is -2.88. The Bertz CT molecular complexity index is 512. The van der Waals surface area contributed by atoms with Gasteiger partial charge in [-0.25, -0.2) is 8.42 Å². The summed E-state index contributed by atoms with van der Waals surface area (Å²) in [4.78, 5) is 0. The Hall–Kier alpha value is 0.190. The van der Waals surface area contributed by atoms with Crippen LogP contribution in [0, 0.1) is 5.92 Å². The Labute approximate surface area is 115 Å². The van der Waals surface area contributed by atoms with Crippen LogP contribution >= 0.6 is 34.5 Å². The monoisotopic (exact) mass is 313 g/mol. The quantitative estimate of drug-likeness (QED) is 0.933. The molecule has 17 heavy (non-hydrogen) atoms. The molecule has 2 atom stereocenters. The molecular formula is C10H13Cl2NO2S2. The van der Waals surface area contributed by atoms with Gasteiger partial charge in [0.15, 0.2) is 9.84 Å². The largest absolute Gasteiger partial charge is 0.313 e. The number of hydrogen-bond acceptors (Lipinski definition) is 4. The molecule has 1 N–H and O–H groups in total. The number of thiophene rings is 1. The van der Waals surface area contributed by atoms with Crippen LogP contribution in [-0.4, -0.2) is 27.0 Å². The van der Waals surface area contributed by atoms with E-state index in [0.717, 1.165) is 5.56 Å². The molecule has 1 aliphatic rings. The zero-order valence-corrected chi connectivity index (χ0v) is 12.4. The lowest BCUT2D eigenvalue weighted by atomic mass is 9.94. The van der Waals surface area contributed by atoms with Crippen LogP contribution in [0.15, 0.2) is 6.07 Å². The van der Waals surface area contributed by atoms with Crippen LogP contribution in [0.25, 0.3) is 0 Å². The van der Waals surface area contributed by atoms with E-state index in [9.17, 15) is 8.42 Å². The molecule has 96 valence electrons. The fraction of sp³-hybridized carbons (Fsp3) is 0.600. The summed E-state index contributed by atoms with van der Waals surface area (Å²) < 4.78 is 24.3. The Morgan fingerprint density at radius 2 is 2.24 bits per heavy atom. The lowest BCUT2D eigenvalue weighted by molar-refractivity contribution is 0.420. The van der Waals surface area contributed by atoms with Crippen LogP contribution in [0.4, 0.5) is 0 Å². The topological polar surface area (TPSA) is 46.2 Å². The van der Waals surface area contributed by atoms with Gasteiger partial charge in [-0.15, -0.1) is 11.3 Å². The van der Waals surface area contributed by atoms with E-state index in [1.807, 2.05) is 13.1 Å². The third kappa shape index (κ3) is 2.96. The summed E-state index contributed by atoms with van der Waals surface area (Å²) in [6.07, 6.45) is 0.678. The number of halogens is 2. The predicted octanol–water partition coefficient (Wildman–Crippen LogP) is 2.75. The third-order valence-corrected chi connectivity index (χ3v) is 6.38. The number of hydrogen-bond donors (Lipinski definition) is 1. The summed E-state index contributed by atoms with van der Waals surface area (Å²) in [5, 5.41) is 3.15. The molecule has 1 fully saturated rings. The van der Waals surface area contributed by atoms with E-state index in [1.54, 1.807) is 0 Å². The van der Waals surface area contributed by atoms with Gasteiger partial charge < -0.3 is 5.32 Å². The maximum atomic E-state index is 11.5. The van der Waals surface area contributed by atoms with Crippen molar-refractivity contribution in [2.75, 3.05) is 18.6 Å². The molecule has 1 saturated heterocycles. The molecule has 0 bridgehead atoms. The smallest absolute Gasteiger partial charge is 0.150 e. The first-order valence-corrected chi connectivity index (χ1v) is 8.65. The number of sulfone groups is 1. The van der Waals surface area contributed by atoms with E-state index >= 15 is 0 Å². The number of nitrogens with one attached hydrogen (secondary N) is 1. The van der Waals surface area contributed by atoms with Gasteiger partial charge >= 0.3 is 0 Å². The summed E-state index contributed by atoms with van der Waals surface area (Å²) in [6, 6.07) is 1.78. The zero-order chi connectivity index (χ0) is 12.6. The SMILES string of the molecule is CNC(c1cc(Cl)sc1Cl)C1CCS(=O)(=O)C1. The van der Waals surface area contributed by atoms with E-state index in [2.05, 4.69) is 5.32 Å². The fourth-order valence-electron chi connectivity index (χ4n) is 2.30. The molecule has 0 aromatic carbocycles. The molecule has 2 heterocycles. The molecule has 2 unspecified atom stereocenters. The molecule has 0 amide bonds. The van der Waals surface area contributed by atoms with Crippen LogP contribution in [0.1, 0.15) is 18.0 Å². The Morgan fingerprint density at radius 3 is 2.65 bits per heavy atom. The molecule has 0 radical (unpaired) electrons. The average molecular weight is 314 g/mol. The van der Waals surface area contributed by atoms with Gasteiger partial charge in [-0.1, -0.05) is 23.2 Å².